The molecule has 4 nitrogen and oxygen atoms in total. The first kappa shape index (κ1) is 25.0. The van der Waals surface area contributed by atoms with E-state index in [4.69, 9.17) is 9.97 Å². The van der Waals surface area contributed by atoms with Gasteiger partial charge in [-0.15, -0.1) is 0 Å². The minimum atomic E-state index is 0.328. The fourth-order valence-electron chi connectivity index (χ4n) is 6.22. The highest BCUT2D eigenvalue weighted by Gasteiger charge is 2.18. The molecule has 7 rings (SSSR count). The van der Waals surface area contributed by atoms with Crippen molar-refractivity contribution in [2.24, 2.45) is 0 Å². The average Bonchev–Trinajstić information content (AvgIpc) is 3.51. The van der Waals surface area contributed by atoms with Crippen LogP contribution in [0, 0.1) is 13.8 Å². The number of fused-ring (bicyclic) bond motifs is 2. The highest BCUT2D eigenvalue weighted by molar-refractivity contribution is 5.89. The van der Waals surface area contributed by atoms with Crippen LogP contribution in [0.1, 0.15) is 37.0 Å². The zero-order chi connectivity index (χ0) is 28.1. The van der Waals surface area contributed by atoms with Gasteiger partial charge in [0.15, 0.2) is 0 Å². The Balaban J connectivity index is 1.41. The topological polar surface area (TPSA) is 35.6 Å². The van der Waals surface area contributed by atoms with Crippen molar-refractivity contribution in [1.29, 1.82) is 0 Å². The van der Waals surface area contributed by atoms with Gasteiger partial charge in [0.05, 0.1) is 22.1 Å². The minimum absolute atomic E-state index is 0.328. The van der Waals surface area contributed by atoms with E-state index in [2.05, 4.69) is 152 Å². The Morgan fingerprint density at radius 2 is 0.951 bits per heavy atom. The van der Waals surface area contributed by atoms with Crippen molar-refractivity contribution in [3.8, 4) is 33.6 Å². The van der Waals surface area contributed by atoms with Crippen LogP contribution in [0.5, 0.6) is 0 Å². The summed E-state index contributed by atoms with van der Waals surface area (Å²) in [5.41, 5.74) is 12.8. The number of aromatic nitrogens is 4. The lowest BCUT2D eigenvalue weighted by atomic mass is 9.85. The monoisotopic (exact) mass is 532 g/mol. The quantitative estimate of drug-likeness (QED) is 0.221. The Morgan fingerprint density at radius 1 is 0.512 bits per heavy atom. The van der Waals surface area contributed by atoms with Crippen LogP contribution in [0.2, 0.25) is 0 Å². The third kappa shape index (κ3) is 4.23. The molecule has 0 amide bonds. The van der Waals surface area contributed by atoms with Gasteiger partial charge in [-0.3, -0.25) is 9.13 Å². The summed E-state index contributed by atoms with van der Waals surface area (Å²) in [5, 5.41) is 0. The van der Waals surface area contributed by atoms with Crippen LogP contribution >= 0.6 is 0 Å². The van der Waals surface area contributed by atoms with Crippen LogP contribution in [0.3, 0.4) is 0 Å². The second-order valence-corrected chi connectivity index (χ2v) is 11.0. The molecule has 7 aromatic rings. The molecule has 0 bridgehead atoms. The van der Waals surface area contributed by atoms with Crippen molar-refractivity contribution in [3.63, 3.8) is 0 Å². The second kappa shape index (κ2) is 9.90. The summed E-state index contributed by atoms with van der Waals surface area (Å²) < 4.78 is 4.50. The molecular weight excluding hydrogens is 500 g/mol. The zero-order valence-electron chi connectivity index (χ0n) is 23.8. The lowest BCUT2D eigenvalue weighted by Crippen LogP contribution is -1.99. The maximum Gasteiger partial charge on any atom is 0.111 e. The van der Waals surface area contributed by atoms with E-state index >= 15 is 0 Å². The molecule has 0 aliphatic rings. The summed E-state index contributed by atoms with van der Waals surface area (Å²) >= 11 is 0. The van der Waals surface area contributed by atoms with Crippen molar-refractivity contribution in [2.45, 2.75) is 33.6 Å². The number of benzene rings is 5. The van der Waals surface area contributed by atoms with Crippen LogP contribution in [0.4, 0.5) is 0 Å². The Hall–Kier alpha value is -4.96. The van der Waals surface area contributed by atoms with Crippen molar-refractivity contribution in [3.05, 3.63) is 132 Å². The highest BCUT2D eigenvalue weighted by atomic mass is 15.1. The van der Waals surface area contributed by atoms with Gasteiger partial charge in [-0.1, -0.05) is 80.6 Å². The van der Waals surface area contributed by atoms with Gasteiger partial charge in [-0.25, -0.2) is 9.97 Å². The van der Waals surface area contributed by atoms with E-state index in [1.165, 1.54) is 27.8 Å². The minimum Gasteiger partial charge on any atom is -0.297 e. The van der Waals surface area contributed by atoms with Crippen LogP contribution in [-0.2, 0) is 0 Å². The first-order chi connectivity index (χ1) is 20.0. The molecule has 0 N–H and O–H groups in total. The lowest BCUT2D eigenvalue weighted by Gasteiger charge is -2.19. The number of hydrogen-bond donors (Lipinski definition) is 0. The zero-order valence-corrected chi connectivity index (χ0v) is 23.8. The molecule has 0 unspecified atom stereocenters. The maximum absolute atomic E-state index is 4.87. The summed E-state index contributed by atoms with van der Waals surface area (Å²) in [7, 11) is 0. The largest absolute Gasteiger partial charge is 0.297 e. The van der Waals surface area contributed by atoms with Crippen molar-refractivity contribution < 1.29 is 0 Å². The van der Waals surface area contributed by atoms with Crippen molar-refractivity contribution >= 4 is 22.1 Å². The Bertz CT molecular complexity index is 1890. The van der Waals surface area contributed by atoms with Gasteiger partial charge < -0.3 is 0 Å². The Morgan fingerprint density at radius 3 is 1.37 bits per heavy atom. The van der Waals surface area contributed by atoms with Gasteiger partial charge in [-0.2, -0.15) is 0 Å². The Labute approximate surface area is 240 Å². The van der Waals surface area contributed by atoms with E-state index in [1.54, 1.807) is 0 Å². The molecule has 5 aromatic carbocycles. The molecular formula is C37H32N4. The number of para-hydroxylation sites is 2. The number of nitrogens with zero attached hydrogens (tertiary/aromatic N) is 4. The molecule has 41 heavy (non-hydrogen) atoms. The fourth-order valence-corrected chi connectivity index (χ4v) is 6.22. The molecule has 0 saturated heterocycles. The summed E-state index contributed by atoms with van der Waals surface area (Å²) in [6, 6.07) is 41.0. The van der Waals surface area contributed by atoms with E-state index in [0.717, 1.165) is 45.1 Å². The normalized spacial score (nSPS) is 11.6. The molecule has 0 saturated carbocycles. The second-order valence-electron chi connectivity index (χ2n) is 11.0. The maximum atomic E-state index is 4.87. The number of aryl methyl sites for hydroxylation is 2. The highest BCUT2D eigenvalue weighted by Crippen LogP contribution is 2.39. The first-order valence-electron chi connectivity index (χ1n) is 14.2. The van der Waals surface area contributed by atoms with Crippen LogP contribution in [0.25, 0.3) is 55.7 Å². The van der Waals surface area contributed by atoms with Gasteiger partial charge >= 0.3 is 0 Å². The van der Waals surface area contributed by atoms with Gasteiger partial charge in [0.25, 0.3) is 0 Å². The lowest BCUT2D eigenvalue weighted by molar-refractivity contribution is 0.871. The van der Waals surface area contributed by atoms with Crippen LogP contribution < -0.4 is 0 Å². The molecule has 2 heterocycles. The summed E-state index contributed by atoms with van der Waals surface area (Å²) in [5.74, 6) is 2.30. The predicted molar refractivity (Wildman–Crippen MR) is 170 cm³/mol. The third-order valence-corrected chi connectivity index (χ3v) is 7.98. The first-order valence-corrected chi connectivity index (χ1v) is 14.2. The van der Waals surface area contributed by atoms with Gasteiger partial charge in [0.1, 0.15) is 11.6 Å². The van der Waals surface area contributed by atoms with Crippen LogP contribution in [0.15, 0.2) is 115 Å². The predicted octanol–water partition coefficient (Wildman–Crippen LogP) is 9.44. The number of imidazole rings is 2. The average molecular weight is 533 g/mol. The SMILES string of the molecule is Cc1nc2ccc(-c3cccc(-c4ccc5nc(C)n(-c6ccccc6)c5c4)c3C(C)C)cc2n1-c1ccccc1. The summed E-state index contributed by atoms with van der Waals surface area (Å²) in [4.78, 5) is 9.73. The van der Waals surface area contributed by atoms with Crippen molar-refractivity contribution in [2.75, 3.05) is 0 Å². The van der Waals surface area contributed by atoms with E-state index in [-0.39, 0.29) is 0 Å². The number of hydrogen-bond acceptors (Lipinski definition) is 2. The number of rotatable bonds is 5. The molecule has 0 atom stereocenters. The van der Waals surface area contributed by atoms with Crippen molar-refractivity contribution in [1.82, 2.24) is 19.1 Å². The van der Waals surface area contributed by atoms with E-state index < -0.39 is 0 Å². The van der Waals surface area contributed by atoms with E-state index in [0.29, 0.717) is 5.92 Å². The fraction of sp³-hybridized carbons (Fsp3) is 0.135. The standard InChI is InChI=1S/C37H32N4/c1-24(2)37-31(27-18-20-33-35(22-27)40(25(3)38-33)29-12-7-5-8-13-29)16-11-17-32(37)28-19-21-34-36(23-28)41(26(4)39-34)30-14-9-6-10-15-30/h5-24H,1-4H3. The van der Waals surface area contributed by atoms with Crippen LogP contribution in [-0.4, -0.2) is 19.1 Å². The molecule has 4 heteroatoms. The molecule has 0 aliphatic carbocycles. The van der Waals surface area contributed by atoms with Gasteiger partial charge in [0, 0.05) is 11.4 Å². The third-order valence-electron chi connectivity index (χ3n) is 7.98. The molecule has 0 radical (unpaired) electrons. The van der Waals surface area contributed by atoms with Gasteiger partial charge in [0.2, 0.25) is 0 Å². The smallest absolute Gasteiger partial charge is 0.111 e. The van der Waals surface area contributed by atoms with Gasteiger partial charge in [-0.05, 0) is 96.1 Å². The molecule has 200 valence electrons. The Kier molecular flexibility index (Phi) is 6.05. The van der Waals surface area contributed by atoms with E-state index in [1.807, 2.05) is 0 Å². The van der Waals surface area contributed by atoms with E-state index in [9.17, 15) is 0 Å². The molecule has 0 fully saturated rings. The molecule has 0 aliphatic heterocycles. The summed E-state index contributed by atoms with van der Waals surface area (Å²) in [6.45, 7) is 8.72. The summed E-state index contributed by atoms with van der Waals surface area (Å²) in [6.07, 6.45) is 0. The molecule has 0 spiro atoms. The molecule has 2 aromatic heterocycles.